The first kappa shape index (κ1) is 19.5. The van der Waals surface area contributed by atoms with Crippen LogP contribution in [0.1, 0.15) is 5.56 Å². The average Bonchev–Trinajstić information content (AvgIpc) is 2.63. The normalized spacial score (nSPS) is 15.5. The number of amides is 1. The lowest BCUT2D eigenvalue weighted by Gasteiger charge is -2.34. The number of methoxy groups -OCH3 is 1. The summed E-state index contributed by atoms with van der Waals surface area (Å²) in [5.41, 5.74) is 1.42. The predicted molar refractivity (Wildman–Crippen MR) is 103 cm³/mol. The fourth-order valence-corrected chi connectivity index (χ4v) is 3.25. The van der Waals surface area contributed by atoms with E-state index in [1.54, 1.807) is 31.5 Å². The summed E-state index contributed by atoms with van der Waals surface area (Å²) in [4.78, 5) is 20.6. The Kier molecular flexibility index (Phi) is 6.60. The number of halogens is 2. The monoisotopic (exact) mass is 392 g/mol. The van der Waals surface area contributed by atoms with E-state index in [2.05, 4.69) is 20.1 Å². The summed E-state index contributed by atoms with van der Waals surface area (Å²) >= 11 is 5.99. The van der Waals surface area contributed by atoms with Gasteiger partial charge in [0.15, 0.2) is 0 Å². The highest BCUT2D eigenvalue weighted by Crippen LogP contribution is 2.27. The van der Waals surface area contributed by atoms with Gasteiger partial charge in [-0.1, -0.05) is 11.6 Å². The molecular weight excluding hydrogens is 371 g/mol. The van der Waals surface area contributed by atoms with Crippen molar-refractivity contribution in [2.45, 2.75) is 6.54 Å². The van der Waals surface area contributed by atoms with Crippen LogP contribution in [0.25, 0.3) is 0 Å². The number of anilines is 1. The van der Waals surface area contributed by atoms with Gasteiger partial charge in [-0.05, 0) is 29.8 Å². The minimum atomic E-state index is -0.320. The van der Waals surface area contributed by atoms with Gasteiger partial charge in [0.05, 0.1) is 25.5 Å². The quantitative estimate of drug-likeness (QED) is 0.819. The van der Waals surface area contributed by atoms with Crippen molar-refractivity contribution in [2.24, 2.45) is 0 Å². The molecular formula is C19H22ClFN4O2. The van der Waals surface area contributed by atoms with Crippen molar-refractivity contribution in [1.82, 2.24) is 14.8 Å². The van der Waals surface area contributed by atoms with Crippen LogP contribution in [0, 0.1) is 5.82 Å². The third-order valence-electron chi connectivity index (χ3n) is 4.44. The maximum atomic E-state index is 13.2. The highest BCUT2D eigenvalue weighted by Gasteiger charge is 2.20. The summed E-state index contributed by atoms with van der Waals surface area (Å²) in [6, 6.07) is 6.61. The average molecular weight is 393 g/mol. The van der Waals surface area contributed by atoms with Crippen LogP contribution in [0.5, 0.6) is 5.75 Å². The number of ether oxygens (including phenoxy) is 1. The lowest BCUT2D eigenvalue weighted by Crippen LogP contribution is -2.48. The molecule has 1 aromatic heterocycles. The molecule has 0 radical (unpaired) electrons. The number of piperazine rings is 1. The van der Waals surface area contributed by atoms with E-state index in [1.165, 1.54) is 12.3 Å². The number of hydrogen-bond donors (Lipinski definition) is 1. The van der Waals surface area contributed by atoms with Gasteiger partial charge in [0, 0.05) is 43.9 Å². The van der Waals surface area contributed by atoms with Gasteiger partial charge in [0.25, 0.3) is 0 Å². The van der Waals surface area contributed by atoms with Crippen molar-refractivity contribution in [3.8, 4) is 5.75 Å². The molecule has 1 fully saturated rings. The molecule has 0 spiro atoms. The fraction of sp³-hybridized carbons (Fsp3) is 0.368. The van der Waals surface area contributed by atoms with Crippen LogP contribution in [0.4, 0.5) is 10.1 Å². The first-order valence-electron chi connectivity index (χ1n) is 8.71. The molecule has 0 atom stereocenters. The molecule has 144 valence electrons. The number of carbonyl (C=O) groups is 1. The zero-order valence-electron chi connectivity index (χ0n) is 15.1. The Morgan fingerprint density at radius 3 is 2.67 bits per heavy atom. The Bertz CT molecular complexity index is 797. The van der Waals surface area contributed by atoms with Crippen molar-refractivity contribution < 1.29 is 13.9 Å². The molecule has 2 heterocycles. The second-order valence-corrected chi connectivity index (χ2v) is 6.89. The first-order valence-corrected chi connectivity index (χ1v) is 9.09. The zero-order valence-corrected chi connectivity index (χ0v) is 15.9. The zero-order chi connectivity index (χ0) is 19.2. The Morgan fingerprint density at radius 2 is 1.96 bits per heavy atom. The molecule has 3 rings (SSSR count). The molecule has 2 aromatic rings. The van der Waals surface area contributed by atoms with Gasteiger partial charge in [0.1, 0.15) is 11.6 Å². The molecule has 0 unspecified atom stereocenters. The predicted octanol–water partition coefficient (Wildman–Crippen LogP) is 2.64. The van der Waals surface area contributed by atoms with E-state index in [0.717, 1.165) is 31.7 Å². The summed E-state index contributed by atoms with van der Waals surface area (Å²) in [7, 11) is 1.55. The molecule has 1 amide bonds. The summed E-state index contributed by atoms with van der Waals surface area (Å²) in [5, 5.41) is 3.39. The van der Waals surface area contributed by atoms with Gasteiger partial charge in [0.2, 0.25) is 5.91 Å². The van der Waals surface area contributed by atoms with Crippen molar-refractivity contribution in [3.63, 3.8) is 0 Å². The fourth-order valence-electron chi connectivity index (χ4n) is 3.08. The van der Waals surface area contributed by atoms with Crippen LogP contribution < -0.4 is 10.1 Å². The molecule has 1 N–H and O–H groups in total. The van der Waals surface area contributed by atoms with Gasteiger partial charge in [-0.25, -0.2) is 4.39 Å². The third kappa shape index (κ3) is 5.63. The Balaban J connectivity index is 1.47. The molecule has 1 saturated heterocycles. The standard InChI is InChI=1S/C19H22ClFN4O2/c1-27-18-3-2-15(20)9-17(18)23-19(26)13-25-6-4-24(5-7-25)12-14-8-16(21)11-22-10-14/h2-3,8-11H,4-7,12-13H2,1H3,(H,23,26). The van der Waals surface area contributed by atoms with Gasteiger partial charge in [-0.15, -0.1) is 0 Å². The second kappa shape index (κ2) is 9.12. The van der Waals surface area contributed by atoms with Crippen molar-refractivity contribution >= 4 is 23.2 Å². The Morgan fingerprint density at radius 1 is 1.22 bits per heavy atom. The smallest absolute Gasteiger partial charge is 0.238 e. The molecule has 27 heavy (non-hydrogen) atoms. The van der Waals surface area contributed by atoms with Gasteiger partial charge in [-0.2, -0.15) is 0 Å². The molecule has 1 aliphatic heterocycles. The number of pyridine rings is 1. The van der Waals surface area contributed by atoms with Gasteiger partial charge < -0.3 is 10.1 Å². The van der Waals surface area contributed by atoms with Crippen LogP contribution in [0.3, 0.4) is 0 Å². The largest absolute Gasteiger partial charge is 0.495 e. The Hall–Kier alpha value is -2.22. The third-order valence-corrected chi connectivity index (χ3v) is 4.67. The maximum Gasteiger partial charge on any atom is 0.238 e. The second-order valence-electron chi connectivity index (χ2n) is 6.46. The van der Waals surface area contributed by atoms with E-state index in [0.29, 0.717) is 29.5 Å². The van der Waals surface area contributed by atoms with Crippen molar-refractivity contribution in [1.29, 1.82) is 0 Å². The number of nitrogens with zero attached hydrogens (tertiary/aromatic N) is 3. The van der Waals surface area contributed by atoms with E-state index in [9.17, 15) is 9.18 Å². The van der Waals surface area contributed by atoms with Gasteiger partial charge in [-0.3, -0.25) is 19.6 Å². The Labute approximate surface area is 162 Å². The highest BCUT2D eigenvalue weighted by atomic mass is 35.5. The number of nitrogens with one attached hydrogen (secondary N) is 1. The van der Waals surface area contributed by atoms with Crippen molar-refractivity contribution in [2.75, 3.05) is 45.2 Å². The van der Waals surface area contributed by atoms with Crippen LogP contribution in [0.2, 0.25) is 5.02 Å². The summed E-state index contributed by atoms with van der Waals surface area (Å²) < 4.78 is 18.5. The SMILES string of the molecule is COc1ccc(Cl)cc1NC(=O)CN1CCN(Cc2cncc(F)c2)CC1. The topological polar surface area (TPSA) is 57.7 Å². The molecule has 6 nitrogen and oxygen atoms in total. The number of aromatic nitrogens is 1. The van der Waals surface area contributed by atoms with Crippen LogP contribution >= 0.6 is 11.6 Å². The van der Waals surface area contributed by atoms with E-state index >= 15 is 0 Å². The molecule has 8 heteroatoms. The van der Waals surface area contributed by atoms with E-state index in [1.807, 2.05) is 0 Å². The van der Waals surface area contributed by atoms with Crippen LogP contribution in [-0.2, 0) is 11.3 Å². The number of hydrogen-bond acceptors (Lipinski definition) is 5. The van der Waals surface area contributed by atoms with Gasteiger partial charge >= 0.3 is 0 Å². The summed E-state index contributed by atoms with van der Waals surface area (Å²) in [6.45, 7) is 4.11. The number of rotatable bonds is 6. The highest BCUT2D eigenvalue weighted by molar-refractivity contribution is 6.31. The van der Waals surface area contributed by atoms with E-state index in [4.69, 9.17) is 16.3 Å². The number of benzene rings is 1. The molecule has 1 aliphatic rings. The van der Waals surface area contributed by atoms with E-state index in [-0.39, 0.29) is 11.7 Å². The molecule has 0 aliphatic carbocycles. The molecule has 0 bridgehead atoms. The summed E-state index contributed by atoms with van der Waals surface area (Å²) in [5.74, 6) is 0.138. The van der Waals surface area contributed by atoms with Crippen LogP contribution in [-0.4, -0.2) is 60.5 Å². The minimum absolute atomic E-state index is 0.113. The first-order chi connectivity index (χ1) is 13.0. The lowest BCUT2D eigenvalue weighted by molar-refractivity contribution is -0.117. The van der Waals surface area contributed by atoms with Crippen molar-refractivity contribution in [3.05, 3.63) is 53.1 Å². The maximum absolute atomic E-state index is 13.2. The van der Waals surface area contributed by atoms with E-state index < -0.39 is 0 Å². The summed E-state index contributed by atoms with van der Waals surface area (Å²) in [6.07, 6.45) is 2.89. The lowest BCUT2D eigenvalue weighted by atomic mass is 10.2. The minimum Gasteiger partial charge on any atom is -0.495 e. The molecule has 1 aromatic carbocycles. The van der Waals surface area contributed by atoms with Crippen LogP contribution in [0.15, 0.2) is 36.7 Å². The number of carbonyl (C=O) groups excluding carboxylic acids is 1. The molecule has 0 saturated carbocycles.